The van der Waals surface area contributed by atoms with Crippen molar-refractivity contribution < 1.29 is 13.2 Å². The van der Waals surface area contributed by atoms with Crippen LogP contribution in [0, 0.1) is 0 Å². The summed E-state index contributed by atoms with van der Waals surface area (Å²) < 4.78 is 33.5. The molecule has 0 amide bonds. The lowest BCUT2D eigenvalue weighted by Gasteiger charge is -2.30. The first-order valence-corrected chi connectivity index (χ1v) is 10.3. The van der Waals surface area contributed by atoms with E-state index in [1.165, 1.54) is 24.3 Å². The molecule has 9 heteroatoms. The van der Waals surface area contributed by atoms with Gasteiger partial charge < -0.3 is 15.0 Å². The van der Waals surface area contributed by atoms with Crippen molar-refractivity contribution >= 4 is 44.6 Å². The van der Waals surface area contributed by atoms with Crippen molar-refractivity contribution in [3.05, 3.63) is 46.4 Å². The largest absolute Gasteiger partial charge is 0.495 e. The van der Waals surface area contributed by atoms with Gasteiger partial charge in [0.2, 0.25) is 0 Å². The van der Waals surface area contributed by atoms with E-state index in [-0.39, 0.29) is 4.90 Å². The first kappa shape index (κ1) is 19.1. The lowest BCUT2D eigenvalue weighted by atomic mass is 10.2. The van der Waals surface area contributed by atoms with E-state index in [0.29, 0.717) is 21.5 Å². The van der Waals surface area contributed by atoms with Crippen LogP contribution in [-0.4, -0.2) is 41.7 Å². The third kappa shape index (κ3) is 4.35. The average Bonchev–Trinajstić information content (AvgIpc) is 2.60. The minimum atomic E-state index is -3.80. The molecule has 0 aromatic heterocycles. The predicted molar refractivity (Wildman–Crippen MR) is 105 cm³/mol. The third-order valence-corrected chi connectivity index (χ3v) is 5.85. The Kier molecular flexibility index (Phi) is 5.82. The van der Waals surface area contributed by atoms with Gasteiger partial charge in [-0.25, -0.2) is 8.42 Å². The van der Waals surface area contributed by atoms with Crippen LogP contribution in [-0.2, 0) is 10.0 Å². The highest BCUT2D eigenvalue weighted by atomic mass is 35.5. The molecule has 2 N–H and O–H groups in total. The van der Waals surface area contributed by atoms with Gasteiger partial charge in [-0.3, -0.25) is 4.72 Å². The maximum Gasteiger partial charge on any atom is 0.261 e. The zero-order valence-corrected chi connectivity index (χ0v) is 16.5. The lowest BCUT2D eigenvalue weighted by Crippen LogP contribution is -2.43. The average molecular weight is 416 g/mol. The van der Waals surface area contributed by atoms with Gasteiger partial charge in [0.05, 0.1) is 23.4 Å². The number of ether oxygens (including phenoxy) is 1. The molecule has 1 saturated heterocycles. The van der Waals surface area contributed by atoms with Crippen LogP contribution in [0.15, 0.2) is 41.3 Å². The fourth-order valence-electron chi connectivity index (χ4n) is 2.82. The predicted octanol–water partition coefficient (Wildman–Crippen LogP) is 3.21. The van der Waals surface area contributed by atoms with Crippen LogP contribution in [0.25, 0.3) is 0 Å². The van der Waals surface area contributed by atoms with Crippen molar-refractivity contribution in [2.45, 2.75) is 4.90 Å². The van der Waals surface area contributed by atoms with E-state index < -0.39 is 10.0 Å². The molecule has 26 heavy (non-hydrogen) atoms. The molecule has 0 saturated carbocycles. The Morgan fingerprint density at radius 2 is 1.73 bits per heavy atom. The number of hydrogen-bond acceptors (Lipinski definition) is 5. The number of benzene rings is 2. The molecule has 0 bridgehead atoms. The molecule has 0 spiro atoms. The van der Waals surface area contributed by atoms with E-state index in [4.69, 9.17) is 27.9 Å². The maximum absolute atomic E-state index is 12.8. The molecule has 1 heterocycles. The van der Waals surface area contributed by atoms with E-state index in [0.717, 1.165) is 31.9 Å². The number of anilines is 2. The van der Waals surface area contributed by atoms with E-state index in [2.05, 4.69) is 14.9 Å². The van der Waals surface area contributed by atoms with Crippen molar-refractivity contribution in [2.75, 3.05) is 42.9 Å². The highest BCUT2D eigenvalue weighted by Gasteiger charge is 2.21. The van der Waals surface area contributed by atoms with E-state index in [1.54, 1.807) is 19.2 Å². The van der Waals surface area contributed by atoms with Crippen molar-refractivity contribution in [3.63, 3.8) is 0 Å². The lowest BCUT2D eigenvalue weighted by molar-refractivity contribution is 0.412. The van der Waals surface area contributed by atoms with E-state index >= 15 is 0 Å². The van der Waals surface area contributed by atoms with Gasteiger partial charge in [0.1, 0.15) is 5.75 Å². The summed E-state index contributed by atoms with van der Waals surface area (Å²) in [6.45, 7) is 3.22. The highest BCUT2D eigenvalue weighted by Crippen LogP contribution is 2.32. The van der Waals surface area contributed by atoms with E-state index in [9.17, 15) is 8.42 Å². The topological polar surface area (TPSA) is 70.7 Å². The molecule has 0 radical (unpaired) electrons. The molecule has 6 nitrogen and oxygen atoms in total. The summed E-state index contributed by atoms with van der Waals surface area (Å²) in [5.41, 5.74) is 1.06. The molecule has 140 valence electrons. The number of nitrogens with zero attached hydrogens (tertiary/aromatic N) is 1. The Bertz CT molecular complexity index is 880. The molecule has 1 aliphatic heterocycles. The Labute approximate surface area is 163 Å². The quantitative estimate of drug-likeness (QED) is 0.784. The van der Waals surface area contributed by atoms with Crippen LogP contribution in [0.5, 0.6) is 5.75 Å². The summed E-state index contributed by atoms with van der Waals surface area (Å²) in [7, 11) is -2.23. The number of sulfonamides is 1. The Hall–Kier alpha value is -1.67. The Morgan fingerprint density at radius 3 is 2.35 bits per heavy atom. The van der Waals surface area contributed by atoms with Gasteiger partial charge in [-0.05, 0) is 36.4 Å². The zero-order chi connectivity index (χ0) is 18.7. The summed E-state index contributed by atoms with van der Waals surface area (Å²) >= 11 is 11.9. The number of hydrogen-bond donors (Lipinski definition) is 2. The number of halogens is 2. The van der Waals surface area contributed by atoms with Crippen LogP contribution in [0.3, 0.4) is 0 Å². The number of methoxy groups -OCH3 is 1. The van der Waals surface area contributed by atoms with E-state index in [1.807, 2.05) is 0 Å². The Balaban J connectivity index is 1.94. The van der Waals surface area contributed by atoms with Gasteiger partial charge in [-0.15, -0.1) is 0 Å². The van der Waals surface area contributed by atoms with Crippen LogP contribution in [0.2, 0.25) is 10.0 Å². The highest BCUT2D eigenvalue weighted by molar-refractivity contribution is 7.92. The second-order valence-electron chi connectivity index (χ2n) is 5.83. The number of nitrogens with one attached hydrogen (secondary N) is 2. The molecular formula is C17H19Cl2N3O3S. The van der Waals surface area contributed by atoms with Crippen LogP contribution < -0.4 is 19.7 Å². The molecule has 2 aromatic carbocycles. The van der Waals surface area contributed by atoms with Crippen LogP contribution in [0.4, 0.5) is 11.4 Å². The van der Waals surface area contributed by atoms with Gasteiger partial charge in [0.25, 0.3) is 10.0 Å². The monoisotopic (exact) mass is 415 g/mol. The molecule has 1 fully saturated rings. The van der Waals surface area contributed by atoms with Gasteiger partial charge >= 0.3 is 0 Å². The fourth-order valence-corrected chi connectivity index (χ4v) is 4.40. The molecule has 1 aliphatic rings. The smallest absolute Gasteiger partial charge is 0.261 e. The minimum absolute atomic E-state index is 0.142. The first-order valence-electron chi connectivity index (χ1n) is 8.02. The molecular weight excluding hydrogens is 397 g/mol. The summed E-state index contributed by atoms with van der Waals surface area (Å²) in [6.07, 6.45) is 0. The third-order valence-electron chi connectivity index (χ3n) is 4.03. The standard InChI is InChI=1S/C17H19Cl2N3O3S/c1-25-17-3-2-15(11-16(17)22-6-4-20-5-7-22)26(23,24)21-14-9-12(18)8-13(19)10-14/h2-3,8-11,20-21H,4-7H2,1H3. The van der Waals surface area contributed by atoms with Gasteiger partial charge in [0.15, 0.2) is 0 Å². The molecule has 0 aliphatic carbocycles. The molecule has 0 atom stereocenters. The van der Waals surface area contributed by atoms with Gasteiger partial charge in [-0.2, -0.15) is 0 Å². The molecule has 2 aromatic rings. The summed E-state index contributed by atoms with van der Waals surface area (Å²) in [5.74, 6) is 0.636. The van der Waals surface area contributed by atoms with Crippen molar-refractivity contribution in [1.29, 1.82) is 0 Å². The second kappa shape index (κ2) is 7.92. The van der Waals surface area contributed by atoms with Crippen LogP contribution >= 0.6 is 23.2 Å². The number of piperazine rings is 1. The molecule has 0 unspecified atom stereocenters. The SMILES string of the molecule is COc1ccc(S(=O)(=O)Nc2cc(Cl)cc(Cl)c2)cc1N1CCNCC1. The number of rotatable bonds is 5. The van der Waals surface area contributed by atoms with Crippen molar-refractivity contribution in [2.24, 2.45) is 0 Å². The fraction of sp³-hybridized carbons (Fsp3) is 0.294. The summed E-state index contributed by atoms with van der Waals surface area (Å²) in [5, 5.41) is 3.98. The maximum atomic E-state index is 12.8. The summed E-state index contributed by atoms with van der Waals surface area (Å²) in [6, 6.07) is 9.35. The normalized spacial score (nSPS) is 15.0. The van der Waals surface area contributed by atoms with Crippen LogP contribution in [0.1, 0.15) is 0 Å². The minimum Gasteiger partial charge on any atom is -0.495 e. The zero-order valence-electron chi connectivity index (χ0n) is 14.1. The second-order valence-corrected chi connectivity index (χ2v) is 8.39. The summed E-state index contributed by atoms with van der Waals surface area (Å²) in [4.78, 5) is 2.24. The van der Waals surface area contributed by atoms with Crippen molar-refractivity contribution in [3.8, 4) is 5.75 Å². The van der Waals surface area contributed by atoms with Crippen molar-refractivity contribution in [1.82, 2.24) is 5.32 Å². The van der Waals surface area contributed by atoms with Gasteiger partial charge in [-0.1, -0.05) is 23.2 Å². The Morgan fingerprint density at radius 1 is 1.08 bits per heavy atom. The first-order chi connectivity index (χ1) is 12.4. The van der Waals surface area contributed by atoms with Gasteiger partial charge in [0, 0.05) is 36.2 Å². The molecule has 3 rings (SSSR count).